The number of ketones is 2. The van der Waals surface area contributed by atoms with Gasteiger partial charge in [-0.15, -0.1) is 0 Å². The van der Waals surface area contributed by atoms with E-state index in [0.29, 0.717) is 0 Å². The molecule has 17 nitrogen and oxygen atoms in total. The SMILES string of the molecule is CCC1(C)CC(C)(CC)C(=O)OC[C@H]([NH3+])C(=O)N[C@H](C(=O)[O-])COC(=O)C(C)(CC)CC(C)(C)C(=O)OC[C@H]([NH3+])C(=O)CC(C(=O)O)COCC1=O. The molecule has 0 spiro atoms. The molecule has 7 atom stereocenters. The zero-order valence-corrected chi connectivity index (χ0v) is 31.8. The Morgan fingerprint density at radius 3 is 1.73 bits per heavy atom. The molecule has 0 aromatic carbocycles. The molecule has 1 aliphatic heterocycles. The number of cyclic esters (lactones) is 3. The highest BCUT2D eigenvalue weighted by atomic mass is 16.5. The highest BCUT2D eigenvalue weighted by molar-refractivity contribution is 5.89. The van der Waals surface area contributed by atoms with E-state index in [1.54, 1.807) is 34.6 Å². The Kier molecular flexibility index (Phi) is 17.0. The van der Waals surface area contributed by atoms with E-state index in [9.17, 15) is 48.6 Å². The van der Waals surface area contributed by atoms with Gasteiger partial charge < -0.3 is 50.7 Å². The van der Waals surface area contributed by atoms with Crippen molar-refractivity contribution in [3.63, 3.8) is 0 Å². The van der Waals surface area contributed by atoms with Gasteiger partial charge in [0.15, 0.2) is 36.9 Å². The number of quaternary nitrogens is 2. The minimum atomic E-state index is -1.79. The molecule has 1 saturated heterocycles. The third kappa shape index (κ3) is 12.6. The molecule has 296 valence electrons. The molecule has 1 rings (SSSR count). The molecule has 0 aromatic heterocycles. The van der Waals surface area contributed by atoms with E-state index in [1.165, 1.54) is 20.8 Å². The largest absolute Gasteiger partial charge is 0.548 e. The highest BCUT2D eigenvalue weighted by Gasteiger charge is 2.45. The van der Waals surface area contributed by atoms with Crippen molar-refractivity contribution in [2.24, 2.45) is 27.6 Å². The molecule has 1 aliphatic rings. The van der Waals surface area contributed by atoms with Gasteiger partial charge in [0.1, 0.15) is 19.3 Å². The van der Waals surface area contributed by atoms with Crippen molar-refractivity contribution in [3.8, 4) is 0 Å². The number of hydrogen-bond donors (Lipinski definition) is 4. The number of hydrogen-bond acceptors (Lipinski definition) is 13. The van der Waals surface area contributed by atoms with Crippen molar-refractivity contribution >= 4 is 47.3 Å². The summed E-state index contributed by atoms with van der Waals surface area (Å²) < 4.78 is 21.6. The molecule has 52 heavy (non-hydrogen) atoms. The lowest BCUT2D eigenvalue weighted by Crippen LogP contribution is -2.71. The van der Waals surface area contributed by atoms with Crippen LogP contribution in [-0.4, -0.2) is 104 Å². The van der Waals surface area contributed by atoms with Crippen molar-refractivity contribution in [1.82, 2.24) is 5.32 Å². The van der Waals surface area contributed by atoms with Gasteiger partial charge in [0, 0.05) is 11.8 Å². The van der Waals surface area contributed by atoms with Crippen LogP contribution in [0.1, 0.15) is 93.9 Å². The van der Waals surface area contributed by atoms with E-state index < -0.39 is 132 Å². The van der Waals surface area contributed by atoms with E-state index in [0.717, 1.165) is 0 Å². The van der Waals surface area contributed by atoms with Crippen LogP contribution in [0.3, 0.4) is 0 Å². The third-order valence-corrected chi connectivity index (χ3v) is 10.2. The first-order valence-corrected chi connectivity index (χ1v) is 17.5. The standard InChI is InChI=1S/C35H57N3O14/c1-9-33(6)19-35(8,11-3)31(48)51-15-22(37)26(41)38-23(28(44)45)16-52-30(47)34(7,10-2)18-32(4,5)29(46)50-14-21(36)24(39)12-20(27(42)43)13-49-17-25(33)40/h20-23H,9-19,36-37H2,1-8H3,(H,38,41)(H,42,43)(H,44,45)/p+1/t20?,21-,22-,23-,33?,34?,35?/m0/s1. The van der Waals surface area contributed by atoms with Crippen LogP contribution in [0.15, 0.2) is 0 Å². The second-order valence-corrected chi connectivity index (χ2v) is 15.2. The maximum atomic E-state index is 13.4. The van der Waals surface area contributed by atoms with Gasteiger partial charge in [0.25, 0.3) is 5.91 Å². The fourth-order valence-corrected chi connectivity index (χ4v) is 5.79. The number of carbonyl (C=O) groups excluding carboxylic acids is 7. The smallest absolute Gasteiger partial charge is 0.312 e. The normalized spacial score (nSPS) is 33.1. The Labute approximate surface area is 304 Å². The molecule has 0 aromatic rings. The minimum Gasteiger partial charge on any atom is -0.548 e. The summed E-state index contributed by atoms with van der Waals surface area (Å²) in [7, 11) is 0. The lowest BCUT2D eigenvalue weighted by Gasteiger charge is -2.36. The summed E-state index contributed by atoms with van der Waals surface area (Å²) in [6.07, 6.45) is 0.0530. The first kappa shape index (κ1) is 46.1. The molecule has 0 radical (unpaired) electrons. The van der Waals surface area contributed by atoms with E-state index in [-0.39, 0.29) is 32.1 Å². The zero-order chi connectivity index (χ0) is 40.2. The molecule has 0 bridgehead atoms. The number of aliphatic carboxylic acids is 2. The number of carbonyl (C=O) groups is 8. The number of amides is 1. The molecule has 0 saturated carbocycles. The van der Waals surface area contributed by atoms with Gasteiger partial charge >= 0.3 is 23.9 Å². The monoisotopic (exact) mass is 744 g/mol. The molecule has 4 unspecified atom stereocenters. The number of nitrogens with one attached hydrogen (secondary N) is 1. The summed E-state index contributed by atoms with van der Waals surface area (Å²) >= 11 is 0. The Morgan fingerprint density at radius 1 is 0.750 bits per heavy atom. The van der Waals surface area contributed by atoms with Crippen LogP contribution in [0, 0.1) is 27.6 Å². The van der Waals surface area contributed by atoms with Crippen molar-refractivity contribution in [2.45, 2.75) is 112 Å². The van der Waals surface area contributed by atoms with Crippen LogP contribution in [0.5, 0.6) is 0 Å². The second-order valence-electron chi connectivity index (χ2n) is 15.2. The molecule has 1 amide bonds. The van der Waals surface area contributed by atoms with E-state index in [2.05, 4.69) is 16.8 Å². The third-order valence-electron chi connectivity index (χ3n) is 10.2. The Morgan fingerprint density at radius 2 is 1.23 bits per heavy atom. The maximum Gasteiger partial charge on any atom is 0.312 e. The van der Waals surface area contributed by atoms with Gasteiger partial charge in [-0.05, 0) is 59.8 Å². The van der Waals surface area contributed by atoms with Gasteiger partial charge in [0.05, 0.1) is 34.7 Å². The highest BCUT2D eigenvalue weighted by Crippen LogP contribution is 2.41. The van der Waals surface area contributed by atoms with Crippen LogP contribution < -0.4 is 21.9 Å². The Balaban J connectivity index is 3.44. The quantitative estimate of drug-likeness (QED) is 0.182. The lowest BCUT2D eigenvalue weighted by molar-refractivity contribution is -0.409. The zero-order valence-electron chi connectivity index (χ0n) is 31.8. The van der Waals surface area contributed by atoms with Crippen LogP contribution in [0.4, 0.5) is 0 Å². The van der Waals surface area contributed by atoms with E-state index in [1.807, 2.05) is 0 Å². The number of ether oxygens (including phenoxy) is 4. The first-order chi connectivity index (χ1) is 23.9. The summed E-state index contributed by atoms with van der Waals surface area (Å²) in [4.78, 5) is 103. The lowest BCUT2D eigenvalue weighted by atomic mass is 9.68. The molecule has 1 fully saturated rings. The van der Waals surface area contributed by atoms with E-state index >= 15 is 0 Å². The van der Waals surface area contributed by atoms with Gasteiger partial charge in [-0.3, -0.25) is 33.6 Å². The first-order valence-electron chi connectivity index (χ1n) is 17.5. The van der Waals surface area contributed by atoms with Gasteiger partial charge in [-0.25, -0.2) is 0 Å². The summed E-state index contributed by atoms with van der Waals surface area (Å²) in [5.74, 6) is -8.77. The number of rotatable bonds is 5. The maximum absolute atomic E-state index is 13.4. The second kappa shape index (κ2) is 19.2. The van der Waals surface area contributed by atoms with E-state index in [4.69, 9.17) is 18.9 Å². The summed E-state index contributed by atoms with van der Waals surface area (Å²) in [6.45, 7) is 10.1. The van der Waals surface area contributed by atoms with Gasteiger partial charge in [-0.2, -0.15) is 0 Å². The molecular weight excluding hydrogens is 686 g/mol. The molecule has 1 heterocycles. The number of esters is 3. The minimum absolute atomic E-state index is 0.0103. The Hall–Kier alpha value is -3.96. The predicted octanol–water partition coefficient (Wildman–Crippen LogP) is -1.61. The fourth-order valence-electron chi connectivity index (χ4n) is 5.79. The van der Waals surface area contributed by atoms with Gasteiger partial charge in [0.2, 0.25) is 0 Å². The van der Waals surface area contributed by atoms with Gasteiger partial charge in [-0.1, -0.05) is 27.7 Å². The van der Waals surface area contributed by atoms with Crippen molar-refractivity contribution in [1.29, 1.82) is 0 Å². The van der Waals surface area contributed by atoms with Crippen LogP contribution >= 0.6 is 0 Å². The summed E-state index contributed by atoms with van der Waals surface area (Å²) in [5, 5.41) is 23.8. The number of Topliss-reactive ketones (excluding diaryl/α,β-unsaturated/α-hetero) is 2. The summed E-state index contributed by atoms with van der Waals surface area (Å²) in [5.41, 5.74) is 2.39. The molecule has 8 N–H and O–H groups in total. The van der Waals surface area contributed by atoms with Crippen LogP contribution in [0.2, 0.25) is 0 Å². The van der Waals surface area contributed by atoms with Crippen molar-refractivity contribution in [2.75, 3.05) is 33.0 Å². The number of carboxylic acids is 2. The average Bonchev–Trinajstić information content (AvgIpc) is 3.08. The summed E-state index contributed by atoms with van der Waals surface area (Å²) in [6, 6.07) is -4.21. The molecular formula is C35H58N3O14+. The topological polar surface area (TPSA) is 284 Å². The van der Waals surface area contributed by atoms with Crippen LogP contribution in [-0.2, 0) is 57.3 Å². The van der Waals surface area contributed by atoms with Crippen molar-refractivity contribution < 1.29 is 79.0 Å². The molecule has 0 aliphatic carbocycles. The molecule has 17 heteroatoms. The average molecular weight is 745 g/mol. The fraction of sp³-hybridized carbons (Fsp3) is 0.771. The van der Waals surface area contributed by atoms with Crippen molar-refractivity contribution in [3.05, 3.63) is 0 Å². The number of carboxylic acid groups (broad SMARTS) is 2. The predicted molar refractivity (Wildman–Crippen MR) is 178 cm³/mol. The van der Waals surface area contributed by atoms with Crippen LogP contribution in [0.25, 0.3) is 0 Å². The Bertz CT molecular complexity index is 1350.